The van der Waals surface area contributed by atoms with Crippen LogP contribution in [0.15, 0.2) is 30.0 Å². The Balaban J connectivity index is 1.71. The number of rotatable bonds is 9. The number of nitrogens with one attached hydrogen (secondary N) is 2. The Morgan fingerprint density at radius 1 is 1.30 bits per heavy atom. The highest BCUT2D eigenvalue weighted by molar-refractivity contribution is 5.94. The van der Waals surface area contributed by atoms with Gasteiger partial charge in [0.25, 0.3) is 5.91 Å². The maximum Gasteiger partial charge on any atom is 0.252 e. The zero-order valence-electron chi connectivity index (χ0n) is 13.9. The van der Waals surface area contributed by atoms with Crippen LogP contribution in [0.4, 0.5) is 5.82 Å². The number of nitrogens with zero attached hydrogens (tertiary/aromatic N) is 1. The Morgan fingerprint density at radius 3 is 2.91 bits per heavy atom. The van der Waals surface area contributed by atoms with Crippen LogP contribution < -0.4 is 10.6 Å². The minimum absolute atomic E-state index is 0.0903. The minimum atomic E-state index is -0.0903. The number of ether oxygens (including phenoxy) is 1. The van der Waals surface area contributed by atoms with Crippen molar-refractivity contribution in [1.29, 1.82) is 0 Å². The lowest BCUT2D eigenvalue weighted by molar-refractivity contribution is 0.0948. The molecule has 1 aliphatic rings. The molecule has 2 N–H and O–H groups in total. The van der Waals surface area contributed by atoms with Gasteiger partial charge in [-0.25, -0.2) is 4.98 Å². The fraction of sp³-hybridized carbons (Fsp3) is 0.556. The summed E-state index contributed by atoms with van der Waals surface area (Å²) >= 11 is 0. The molecule has 5 nitrogen and oxygen atoms in total. The lowest BCUT2D eigenvalue weighted by atomic mass is 9.97. The second-order valence-electron chi connectivity index (χ2n) is 5.82. The first-order chi connectivity index (χ1) is 11.3. The first-order valence-corrected chi connectivity index (χ1v) is 8.44. The van der Waals surface area contributed by atoms with Crippen LogP contribution in [0.3, 0.4) is 0 Å². The average Bonchev–Trinajstić information content (AvgIpc) is 2.60. The quantitative estimate of drug-likeness (QED) is 0.542. The molecule has 0 atom stereocenters. The first-order valence-electron chi connectivity index (χ1n) is 8.44. The number of methoxy groups -OCH3 is 1. The molecule has 0 fully saturated rings. The highest BCUT2D eigenvalue weighted by Gasteiger charge is 2.06. The molecule has 0 saturated carbocycles. The molecule has 5 heteroatoms. The highest BCUT2D eigenvalue weighted by atomic mass is 16.5. The van der Waals surface area contributed by atoms with Crippen LogP contribution in [0.5, 0.6) is 0 Å². The lowest BCUT2D eigenvalue weighted by Crippen LogP contribution is -2.25. The van der Waals surface area contributed by atoms with Gasteiger partial charge in [0.05, 0.1) is 5.56 Å². The maximum absolute atomic E-state index is 11.9. The largest absolute Gasteiger partial charge is 0.385 e. The van der Waals surface area contributed by atoms with E-state index in [1.54, 1.807) is 24.9 Å². The summed E-state index contributed by atoms with van der Waals surface area (Å²) < 4.78 is 4.95. The van der Waals surface area contributed by atoms with Crippen molar-refractivity contribution in [2.45, 2.75) is 38.5 Å². The van der Waals surface area contributed by atoms with Crippen LogP contribution in [-0.2, 0) is 4.74 Å². The number of anilines is 1. The van der Waals surface area contributed by atoms with Gasteiger partial charge >= 0.3 is 0 Å². The van der Waals surface area contributed by atoms with Gasteiger partial charge in [-0.05, 0) is 50.7 Å². The van der Waals surface area contributed by atoms with E-state index in [4.69, 9.17) is 4.74 Å². The van der Waals surface area contributed by atoms with Crippen LogP contribution in [0.25, 0.3) is 0 Å². The van der Waals surface area contributed by atoms with E-state index in [1.165, 1.54) is 25.7 Å². The predicted molar refractivity (Wildman–Crippen MR) is 92.7 cm³/mol. The summed E-state index contributed by atoms with van der Waals surface area (Å²) in [7, 11) is 1.66. The predicted octanol–water partition coefficient (Wildman–Crippen LogP) is 3.15. The van der Waals surface area contributed by atoms with Crippen LogP contribution in [-0.4, -0.2) is 37.7 Å². The number of pyridine rings is 1. The van der Waals surface area contributed by atoms with Crippen molar-refractivity contribution in [2.75, 3.05) is 32.1 Å². The van der Waals surface area contributed by atoms with E-state index in [0.717, 1.165) is 25.2 Å². The zero-order chi connectivity index (χ0) is 16.3. The van der Waals surface area contributed by atoms with Crippen molar-refractivity contribution in [2.24, 2.45) is 0 Å². The molecule has 1 heterocycles. The van der Waals surface area contributed by atoms with Crippen LogP contribution in [0, 0.1) is 0 Å². The first kappa shape index (κ1) is 17.5. The standard InChI is InChI=1S/C18H27N3O2/c1-23-13-5-11-20-18(22)16-8-9-17(21-14-16)19-12-10-15-6-3-2-4-7-15/h6,8-9,14H,2-5,7,10-13H2,1H3,(H,19,21)(H,20,22). The summed E-state index contributed by atoms with van der Waals surface area (Å²) in [5.74, 6) is 0.727. The Kier molecular flexibility index (Phi) is 7.60. The van der Waals surface area contributed by atoms with Gasteiger partial charge in [-0.1, -0.05) is 11.6 Å². The molecule has 23 heavy (non-hydrogen) atoms. The van der Waals surface area contributed by atoms with Gasteiger partial charge < -0.3 is 15.4 Å². The Hall–Kier alpha value is -1.88. The van der Waals surface area contributed by atoms with E-state index in [0.29, 0.717) is 18.7 Å². The van der Waals surface area contributed by atoms with Gasteiger partial charge in [0, 0.05) is 33.0 Å². The molecule has 126 valence electrons. The third-order valence-electron chi connectivity index (χ3n) is 3.97. The minimum Gasteiger partial charge on any atom is -0.385 e. The van der Waals surface area contributed by atoms with Gasteiger partial charge in [0.2, 0.25) is 0 Å². The molecule has 0 saturated heterocycles. The smallest absolute Gasteiger partial charge is 0.252 e. The number of hydrogen-bond donors (Lipinski definition) is 2. The van der Waals surface area contributed by atoms with Crippen molar-refractivity contribution >= 4 is 11.7 Å². The van der Waals surface area contributed by atoms with Gasteiger partial charge in [-0.3, -0.25) is 4.79 Å². The molecule has 0 spiro atoms. The Bertz CT molecular complexity index is 512. The third kappa shape index (κ3) is 6.40. The van der Waals surface area contributed by atoms with Gasteiger partial charge in [0.15, 0.2) is 0 Å². The van der Waals surface area contributed by atoms with E-state index in [2.05, 4.69) is 21.7 Å². The number of allylic oxidation sites excluding steroid dienone is 1. The highest BCUT2D eigenvalue weighted by Crippen LogP contribution is 2.19. The number of hydrogen-bond acceptors (Lipinski definition) is 4. The summed E-state index contributed by atoms with van der Waals surface area (Å²) in [6.45, 7) is 2.15. The van der Waals surface area contributed by atoms with Gasteiger partial charge in [0.1, 0.15) is 5.82 Å². The SMILES string of the molecule is COCCCNC(=O)c1ccc(NCCC2=CCCCC2)nc1. The summed E-state index contributed by atoms with van der Waals surface area (Å²) in [5.41, 5.74) is 2.14. The van der Waals surface area contributed by atoms with E-state index >= 15 is 0 Å². The van der Waals surface area contributed by atoms with E-state index in [9.17, 15) is 4.79 Å². The molecule has 0 unspecified atom stereocenters. The van der Waals surface area contributed by atoms with Gasteiger partial charge in [-0.2, -0.15) is 0 Å². The maximum atomic E-state index is 11.9. The normalized spacial score (nSPS) is 14.2. The van der Waals surface area contributed by atoms with Crippen molar-refractivity contribution < 1.29 is 9.53 Å². The molecular weight excluding hydrogens is 290 g/mol. The van der Waals surface area contributed by atoms with Crippen LogP contribution in [0.2, 0.25) is 0 Å². The molecular formula is C18H27N3O2. The molecule has 0 aromatic carbocycles. The molecule has 0 radical (unpaired) electrons. The fourth-order valence-corrected chi connectivity index (χ4v) is 2.64. The monoisotopic (exact) mass is 317 g/mol. The summed E-state index contributed by atoms with van der Waals surface area (Å²) in [6.07, 6.45) is 11.0. The molecule has 0 aliphatic heterocycles. The second-order valence-corrected chi connectivity index (χ2v) is 5.82. The van der Waals surface area contributed by atoms with Crippen molar-refractivity contribution in [3.8, 4) is 0 Å². The number of amides is 1. The topological polar surface area (TPSA) is 63.2 Å². The van der Waals surface area contributed by atoms with E-state index in [-0.39, 0.29) is 5.91 Å². The van der Waals surface area contributed by atoms with E-state index in [1.807, 2.05) is 6.07 Å². The van der Waals surface area contributed by atoms with Crippen molar-refractivity contribution in [3.05, 3.63) is 35.5 Å². The van der Waals surface area contributed by atoms with E-state index < -0.39 is 0 Å². The van der Waals surface area contributed by atoms with Crippen molar-refractivity contribution in [1.82, 2.24) is 10.3 Å². The molecule has 1 aromatic heterocycles. The molecule has 2 rings (SSSR count). The molecule has 1 amide bonds. The summed E-state index contributed by atoms with van der Waals surface area (Å²) in [6, 6.07) is 3.67. The Labute approximate surface area is 138 Å². The summed E-state index contributed by atoms with van der Waals surface area (Å²) in [5, 5.41) is 6.17. The number of carbonyl (C=O) groups excluding carboxylic acids is 1. The summed E-state index contributed by atoms with van der Waals surface area (Å²) in [4.78, 5) is 16.2. The third-order valence-corrected chi connectivity index (χ3v) is 3.97. The molecule has 1 aromatic rings. The average molecular weight is 317 g/mol. The molecule has 0 bridgehead atoms. The number of aromatic nitrogens is 1. The molecule has 1 aliphatic carbocycles. The second kappa shape index (κ2) is 10.0. The zero-order valence-corrected chi connectivity index (χ0v) is 13.9. The van der Waals surface area contributed by atoms with Gasteiger partial charge in [-0.15, -0.1) is 0 Å². The lowest BCUT2D eigenvalue weighted by Gasteiger charge is -2.13. The van der Waals surface area contributed by atoms with Crippen LogP contribution in [0.1, 0.15) is 48.9 Å². The number of carbonyl (C=O) groups is 1. The fourth-order valence-electron chi connectivity index (χ4n) is 2.64. The van der Waals surface area contributed by atoms with Crippen LogP contribution >= 0.6 is 0 Å². The van der Waals surface area contributed by atoms with Crippen molar-refractivity contribution in [3.63, 3.8) is 0 Å². The Morgan fingerprint density at radius 2 is 2.22 bits per heavy atom.